The van der Waals surface area contributed by atoms with Gasteiger partial charge in [0.15, 0.2) is 0 Å². The highest BCUT2D eigenvalue weighted by Crippen LogP contribution is 1.88. The van der Waals surface area contributed by atoms with E-state index < -0.39 is 6.10 Å². The third-order valence-electron chi connectivity index (χ3n) is 1.19. The largest absolute Gasteiger partial charge is 0.463 e. The van der Waals surface area contributed by atoms with Gasteiger partial charge in [0.2, 0.25) is 0 Å². The van der Waals surface area contributed by atoms with Crippen LogP contribution in [0.2, 0.25) is 0 Å². The Morgan fingerprint density at radius 3 is 2.07 bits per heavy atom. The second-order valence-corrected chi connectivity index (χ2v) is 2.88. The van der Waals surface area contributed by atoms with Gasteiger partial charge in [-0.15, -0.1) is 0 Å². The van der Waals surface area contributed by atoms with E-state index in [1.807, 2.05) is 6.92 Å². The Bertz CT molecular complexity index is 135. The van der Waals surface area contributed by atoms with Gasteiger partial charge in [-0.3, -0.25) is 4.79 Å². The standard InChI is InChI=1S/C6H12O3.C3H8O2/c1-5(8-3)4-9-6(2)7;1-3(5)2-4/h5H,4H2,1-3H3;3-5H,2H2,1H3. The van der Waals surface area contributed by atoms with Crippen molar-refractivity contribution in [3.63, 3.8) is 0 Å². The topological polar surface area (TPSA) is 76.0 Å². The predicted octanol–water partition coefficient (Wildman–Crippen LogP) is -0.0561. The smallest absolute Gasteiger partial charge is 0.302 e. The summed E-state index contributed by atoms with van der Waals surface area (Å²) in [5, 5.41) is 16.0. The van der Waals surface area contributed by atoms with Crippen LogP contribution in [0.15, 0.2) is 0 Å². The first-order chi connectivity index (χ1) is 6.43. The Morgan fingerprint density at radius 2 is 1.86 bits per heavy atom. The molecule has 0 bridgehead atoms. The maximum atomic E-state index is 10.2. The molecule has 0 aromatic heterocycles. The lowest BCUT2D eigenvalue weighted by Crippen LogP contribution is -2.15. The van der Waals surface area contributed by atoms with Crippen LogP contribution in [-0.4, -0.2) is 48.7 Å². The number of hydrogen-bond acceptors (Lipinski definition) is 5. The number of rotatable bonds is 4. The van der Waals surface area contributed by atoms with Crippen LogP contribution in [-0.2, 0) is 14.3 Å². The second-order valence-electron chi connectivity index (χ2n) is 2.88. The Morgan fingerprint density at radius 1 is 1.43 bits per heavy atom. The van der Waals surface area contributed by atoms with Gasteiger partial charge in [-0.05, 0) is 13.8 Å². The first-order valence-electron chi connectivity index (χ1n) is 4.39. The van der Waals surface area contributed by atoms with Gasteiger partial charge < -0.3 is 19.7 Å². The normalized spacial score (nSPS) is 13.6. The number of hydrogen-bond donors (Lipinski definition) is 2. The minimum Gasteiger partial charge on any atom is -0.463 e. The number of methoxy groups -OCH3 is 1. The minimum absolute atomic E-state index is 0.00565. The molecule has 0 aliphatic carbocycles. The Kier molecular flexibility index (Phi) is 11.8. The van der Waals surface area contributed by atoms with Crippen LogP contribution in [0.25, 0.3) is 0 Å². The molecule has 2 N–H and O–H groups in total. The zero-order valence-corrected chi connectivity index (χ0v) is 9.19. The molecule has 0 spiro atoms. The van der Waals surface area contributed by atoms with Crippen LogP contribution >= 0.6 is 0 Å². The van der Waals surface area contributed by atoms with Crippen LogP contribution < -0.4 is 0 Å². The lowest BCUT2D eigenvalue weighted by molar-refractivity contribution is -0.144. The van der Waals surface area contributed by atoms with Gasteiger partial charge in [-0.2, -0.15) is 0 Å². The molecule has 0 fully saturated rings. The maximum absolute atomic E-state index is 10.2. The molecule has 5 heteroatoms. The predicted molar refractivity (Wildman–Crippen MR) is 51.9 cm³/mol. The fourth-order valence-corrected chi connectivity index (χ4v) is 0.303. The molecule has 0 rings (SSSR count). The highest BCUT2D eigenvalue weighted by molar-refractivity contribution is 5.65. The van der Waals surface area contributed by atoms with E-state index in [9.17, 15) is 4.79 Å². The number of carbonyl (C=O) groups is 1. The molecule has 5 nitrogen and oxygen atoms in total. The molecule has 0 saturated carbocycles. The van der Waals surface area contributed by atoms with Crippen LogP contribution in [0.5, 0.6) is 0 Å². The number of ether oxygens (including phenoxy) is 2. The average Bonchev–Trinajstić information content (AvgIpc) is 2.14. The van der Waals surface area contributed by atoms with E-state index in [0.717, 1.165) is 0 Å². The Hall–Kier alpha value is -0.650. The van der Waals surface area contributed by atoms with E-state index in [2.05, 4.69) is 4.74 Å². The Labute approximate surface area is 84.6 Å². The SMILES string of the molecule is CC(O)CO.COC(C)COC(C)=O. The van der Waals surface area contributed by atoms with Crippen molar-refractivity contribution in [1.82, 2.24) is 0 Å². The van der Waals surface area contributed by atoms with Gasteiger partial charge in [0, 0.05) is 14.0 Å². The molecule has 0 aromatic carbocycles. The van der Waals surface area contributed by atoms with Crippen molar-refractivity contribution >= 4 is 5.97 Å². The molecule has 0 amide bonds. The number of esters is 1. The number of aliphatic hydroxyl groups excluding tert-OH is 2. The molecule has 0 saturated heterocycles. The number of carbonyl (C=O) groups excluding carboxylic acids is 1. The molecule has 86 valence electrons. The minimum atomic E-state index is -0.560. The third kappa shape index (κ3) is 17.4. The fraction of sp³-hybridized carbons (Fsp3) is 0.889. The van der Waals surface area contributed by atoms with Gasteiger partial charge >= 0.3 is 5.97 Å². The van der Waals surface area contributed by atoms with E-state index in [0.29, 0.717) is 6.61 Å². The second kappa shape index (κ2) is 10.4. The van der Waals surface area contributed by atoms with Gasteiger partial charge in [0.1, 0.15) is 6.61 Å². The summed E-state index contributed by atoms with van der Waals surface area (Å²) in [5.74, 6) is -0.265. The monoisotopic (exact) mass is 208 g/mol. The summed E-state index contributed by atoms with van der Waals surface area (Å²) in [6.07, 6.45) is -0.566. The third-order valence-corrected chi connectivity index (χ3v) is 1.19. The molecule has 0 radical (unpaired) electrons. The zero-order chi connectivity index (χ0) is 11.6. The molecule has 14 heavy (non-hydrogen) atoms. The van der Waals surface area contributed by atoms with Crippen molar-refractivity contribution in [3.05, 3.63) is 0 Å². The van der Waals surface area contributed by atoms with Gasteiger partial charge in [0.05, 0.1) is 18.8 Å². The van der Waals surface area contributed by atoms with E-state index in [1.165, 1.54) is 13.8 Å². The highest BCUT2D eigenvalue weighted by Gasteiger charge is 1.99. The summed E-state index contributed by atoms with van der Waals surface area (Å²) < 4.78 is 9.45. The molecule has 0 aliphatic rings. The van der Waals surface area contributed by atoms with E-state index in [-0.39, 0.29) is 18.7 Å². The van der Waals surface area contributed by atoms with E-state index in [1.54, 1.807) is 7.11 Å². The Balaban J connectivity index is 0. The van der Waals surface area contributed by atoms with Crippen LogP contribution in [0.4, 0.5) is 0 Å². The van der Waals surface area contributed by atoms with Crippen LogP contribution in [0, 0.1) is 0 Å². The molecule has 0 aliphatic heterocycles. The molecular weight excluding hydrogens is 188 g/mol. The highest BCUT2D eigenvalue weighted by atomic mass is 16.6. The zero-order valence-electron chi connectivity index (χ0n) is 9.19. The van der Waals surface area contributed by atoms with Crippen molar-refractivity contribution in [2.24, 2.45) is 0 Å². The van der Waals surface area contributed by atoms with E-state index >= 15 is 0 Å². The summed E-state index contributed by atoms with van der Waals surface area (Å²) in [7, 11) is 1.58. The lowest BCUT2D eigenvalue weighted by Gasteiger charge is -2.07. The molecule has 0 heterocycles. The quantitative estimate of drug-likeness (QED) is 0.633. The van der Waals surface area contributed by atoms with Crippen LogP contribution in [0.3, 0.4) is 0 Å². The van der Waals surface area contributed by atoms with Crippen LogP contribution in [0.1, 0.15) is 20.8 Å². The molecule has 0 aromatic rings. The van der Waals surface area contributed by atoms with Crippen molar-refractivity contribution < 1.29 is 24.5 Å². The first kappa shape index (κ1) is 15.8. The summed E-state index contributed by atoms with van der Waals surface area (Å²) in [5.41, 5.74) is 0. The molecule has 2 unspecified atom stereocenters. The lowest BCUT2D eigenvalue weighted by atomic mass is 10.4. The first-order valence-corrected chi connectivity index (χ1v) is 4.39. The molecule has 2 atom stereocenters. The van der Waals surface area contributed by atoms with Crippen molar-refractivity contribution in [3.8, 4) is 0 Å². The van der Waals surface area contributed by atoms with Gasteiger partial charge in [-0.1, -0.05) is 0 Å². The summed E-state index contributed by atoms with van der Waals surface area (Å²) in [6.45, 7) is 4.94. The number of aliphatic hydroxyl groups is 2. The summed E-state index contributed by atoms with van der Waals surface area (Å²) in [6, 6.07) is 0. The molecular formula is C9H20O5. The van der Waals surface area contributed by atoms with Crippen molar-refractivity contribution in [2.75, 3.05) is 20.3 Å². The van der Waals surface area contributed by atoms with Gasteiger partial charge in [0.25, 0.3) is 0 Å². The van der Waals surface area contributed by atoms with Crippen molar-refractivity contribution in [2.45, 2.75) is 33.0 Å². The van der Waals surface area contributed by atoms with Gasteiger partial charge in [-0.25, -0.2) is 0 Å². The van der Waals surface area contributed by atoms with E-state index in [4.69, 9.17) is 14.9 Å². The average molecular weight is 208 g/mol. The summed E-state index contributed by atoms with van der Waals surface area (Å²) >= 11 is 0. The fourth-order valence-electron chi connectivity index (χ4n) is 0.303. The summed E-state index contributed by atoms with van der Waals surface area (Å²) in [4.78, 5) is 10.2. The van der Waals surface area contributed by atoms with Crippen molar-refractivity contribution in [1.29, 1.82) is 0 Å². The maximum Gasteiger partial charge on any atom is 0.302 e.